The van der Waals surface area contributed by atoms with Crippen LogP contribution >= 0.6 is 11.6 Å². The van der Waals surface area contributed by atoms with E-state index in [0.717, 1.165) is 42.1 Å². The lowest BCUT2D eigenvalue weighted by molar-refractivity contribution is -0.122. The number of sulfonamides is 1. The van der Waals surface area contributed by atoms with Gasteiger partial charge in [0.2, 0.25) is 10.0 Å². The van der Waals surface area contributed by atoms with E-state index < -0.39 is 22.6 Å². The Morgan fingerprint density at radius 1 is 1.03 bits per heavy atom. The van der Waals surface area contributed by atoms with Crippen molar-refractivity contribution in [2.45, 2.75) is 43.0 Å². The van der Waals surface area contributed by atoms with Crippen LogP contribution in [0.25, 0.3) is 0 Å². The van der Waals surface area contributed by atoms with Gasteiger partial charge in [-0.05, 0) is 43.2 Å². The van der Waals surface area contributed by atoms with Crippen molar-refractivity contribution >= 4 is 39.2 Å². The average Bonchev–Trinajstić information content (AvgIpc) is 2.79. The normalized spacial score (nSPS) is 14.9. The molecular formula is C23H27ClN2O5S. The van der Waals surface area contributed by atoms with Crippen LogP contribution in [0.2, 0.25) is 5.02 Å². The number of esters is 1. The molecule has 1 fully saturated rings. The zero-order chi connectivity index (χ0) is 23.3. The summed E-state index contributed by atoms with van der Waals surface area (Å²) in [5.74, 6) is -1.18. The lowest BCUT2D eigenvalue weighted by atomic mass is 9.93. The summed E-state index contributed by atoms with van der Waals surface area (Å²) in [7, 11) is -0.967. The maximum atomic E-state index is 13.1. The molecule has 0 saturated heterocycles. The van der Waals surface area contributed by atoms with Crippen LogP contribution in [-0.2, 0) is 19.6 Å². The molecule has 2 aromatic rings. The molecule has 2 aromatic carbocycles. The fraction of sp³-hybridized carbons (Fsp3) is 0.391. The van der Waals surface area contributed by atoms with E-state index in [9.17, 15) is 18.0 Å². The molecular weight excluding hydrogens is 452 g/mol. The number of rotatable bonds is 7. The largest absolute Gasteiger partial charge is 0.452 e. The van der Waals surface area contributed by atoms with Gasteiger partial charge in [0.15, 0.2) is 6.61 Å². The molecule has 32 heavy (non-hydrogen) atoms. The van der Waals surface area contributed by atoms with E-state index >= 15 is 0 Å². The highest BCUT2D eigenvalue weighted by molar-refractivity contribution is 7.89. The minimum atomic E-state index is -3.75. The van der Waals surface area contributed by atoms with Crippen molar-refractivity contribution in [3.05, 3.63) is 59.1 Å². The summed E-state index contributed by atoms with van der Waals surface area (Å²) in [6, 6.07) is 13.2. The fourth-order valence-corrected chi connectivity index (χ4v) is 4.92. The Morgan fingerprint density at radius 2 is 1.69 bits per heavy atom. The predicted molar refractivity (Wildman–Crippen MR) is 123 cm³/mol. The Hall–Kier alpha value is -2.42. The highest BCUT2D eigenvalue weighted by Gasteiger charge is 2.28. The maximum Gasteiger partial charge on any atom is 0.340 e. The van der Waals surface area contributed by atoms with Crippen molar-refractivity contribution in [3.63, 3.8) is 0 Å². The molecule has 1 amide bonds. The van der Waals surface area contributed by atoms with E-state index in [-0.39, 0.29) is 27.4 Å². The number of anilines is 1. The minimum Gasteiger partial charge on any atom is -0.452 e. The molecule has 0 heterocycles. The number of amides is 1. The van der Waals surface area contributed by atoms with Crippen LogP contribution in [0.4, 0.5) is 5.69 Å². The highest BCUT2D eigenvalue weighted by atomic mass is 35.5. The van der Waals surface area contributed by atoms with Crippen molar-refractivity contribution in [1.82, 2.24) is 4.31 Å². The first-order valence-electron chi connectivity index (χ1n) is 10.5. The third-order valence-electron chi connectivity index (χ3n) is 5.51. The second kappa shape index (κ2) is 10.5. The van der Waals surface area contributed by atoms with Crippen molar-refractivity contribution in [2.24, 2.45) is 0 Å². The van der Waals surface area contributed by atoms with E-state index in [1.165, 1.54) is 32.3 Å². The van der Waals surface area contributed by atoms with Crippen molar-refractivity contribution < 1.29 is 22.7 Å². The summed E-state index contributed by atoms with van der Waals surface area (Å²) in [5, 5.41) is 0.0485. The van der Waals surface area contributed by atoms with E-state index in [1.807, 2.05) is 30.3 Å². The molecule has 0 spiro atoms. The summed E-state index contributed by atoms with van der Waals surface area (Å²) in [6.07, 6.45) is 5.02. The Morgan fingerprint density at radius 3 is 2.31 bits per heavy atom. The molecule has 0 unspecified atom stereocenters. The summed E-state index contributed by atoms with van der Waals surface area (Å²) in [4.78, 5) is 27.4. The zero-order valence-electron chi connectivity index (χ0n) is 18.2. The molecule has 1 saturated carbocycles. The Kier molecular flexibility index (Phi) is 7.92. The number of halogens is 1. The van der Waals surface area contributed by atoms with E-state index in [1.54, 1.807) is 4.90 Å². The number of carbonyl (C=O) groups excluding carboxylic acids is 2. The van der Waals surface area contributed by atoms with Crippen molar-refractivity contribution in [2.75, 3.05) is 25.6 Å². The third kappa shape index (κ3) is 5.49. The van der Waals surface area contributed by atoms with Gasteiger partial charge < -0.3 is 9.64 Å². The molecule has 0 bridgehead atoms. The lowest BCUT2D eigenvalue weighted by Gasteiger charge is -2.34. The number of hydrogen-bond acceptors (Lipinski definition) is 5. The molecule has 3 rings (SSSR count). The van der Waals surface area contributed by atoms with Gasteiger partial charge >= 0.3 is 5.97 Å². The molecule has 0 aromatic heterocycles. The molecule has 0 atom stereocenters. The average molecular weight is 479 g/mol. The van der Waals surface area contributed by atoms with Gasteiger partial charge in [0.1, 0.15) is 0 Å². The first-order valence-corrected chi connectivity index (χ1v) is 12.3. The van der Waals surface area contributed by atoms with Crippen molar-refractivity contribution in [3.8, 4) is 0 Å². The van der Waals surface area contributed by atoms with Gasteiger partial charge in [0.25, 0.3) is 5.91 Å². The fourth-order valence-electron chi connectivity index (χ4n) is 3.79. The standard InChI is InChI=1S/C23H27ClN2O5S/c1-25(2)32(29,30)19-13-14-21(24)20(15-19)23(28)31-16-22(27)26(17-9-5-3-6-10-17)18-11-7-4-8-12-18/h3,5-6,9-10,13-15,18H,4,7-8,11-12,16H2,1-2H3. The number of benzene rings is 2. The monoisotopic (exact) mass is 478 g/mol. The lowest BCUT2D eigenvalue weighted by Crippen LogP contribution is -2.43. The number of ether oxygens (including phenoxy) is 1. The highest BCUT2D eigenvalue weighted by Crippen LogP contribution is 2.28. The maximum absolute atomic E-state index is 13.1. The topological polar surface area (TPSA) is 84.0 Å². The van der Waals surface area contributed by atoms with Crippen LogP contribution in [-0.4, -0.2) is 51.3 Å². The number of carbonyl (C=O) groups is 2. The van der Waals surface area contributed by atoms with Gasteiger partial charge in [-0.3, -0.25) is 4.79 Å². The second-order valence-corrected chi connectivity index (χ2v) is 10.5. The Labute approximate surface area is 194 Å². The minimum absolute atomic E-state index is 0.0485. The molecule has 7 nitrogen and oxygen atoms in total. The smallest absolute Gasteiger partial charge is 0.340 e. The molecule has 0 aliphatic heterocycles. The number of nitrogens with zero attached hydrogens (tertiary/aromatic N) is 2. The summed E-state index contributed by atoms with van der Waals surface area (Å²) in [5.41, 5.74) is 0.656. The van der Waals surface area contributed by atoms with Crippen LogP contribution in [0.15, 0.2) is 53.4 Å². The molecule has 172 valence electrons. The van der Waals surface area contributed by atoms with Gasteiger partial charge in [-0.15, -0.1) is 0 Å². The summed E-state index contributed by atoms with van der Waals surface area (Å²) >= 11 is 6.11. The van der Waals surface area contributed by atoms with E-state index in [0.29, 0.717) is 0 Å². The molecule has 1 aliphatic carbocycles. The third-order valence-corrected chi connectivity index (χ3v) is 7.65. The van der Waals surface area contributed by atoms with Crippen LogP contribution in [0.1, 0.15) is 42.5 Å². The van der Waals surface area contributed by atoms with Gasteiger partial charge in [-0.25, -0.2) is 17.5 Å². The summed E-state index contributed by atoms with van der Waals surface area (Å²) < 4.78 is 31.1. The van der Waals surface area contributed by atoms with Gasteiger partial charge in [0.05, 0.1) is 15.5 Å². The predicted octanol–water partition coefficient (Wildman–Crippen LogP) is 4.11. The molecule has 9 heteroatoms. The quantitative estimate of drug-likeness (QED) is 0.559. The Balaban J connectivity index is 1.77. The van der Waals surface area contributed by atoms with E-state index in [4.69, 9.17) is 16.3 Å². The molecule has 1 aliphatic rings. The first-order chi connectivity index (χ1) is 15.2. The van der Waals surface area contributed by atoms with Crippen LogP contribution in [0, 0.1) is 0 Å². The first kappa shape index (κ1) is 24.2. The molecule has 0 radical (unpaired) electrons. The van der Waals surface area contributed by atoms with Gasteiger partial charge in [-0.1, -0.05) is 49.1 Å². The second-order valence-electron chi connectivity index (χ2n) is 7.90. The van der Waals surface area contributed by atoms with E-state index in [2.05, 4.69) is 0 Å². The van der Waals surface area contributed by atoms with Crippen LogP contribution < -0.4 is 4.90 Å². The molecule has 0 N–H and O–H groups in total. The number of hydrogen-bond donors (Lipinski definition) is 0. The van der Waals surface area contributed by atoms with Crippen molar-refractivity contribution in [1.29, 1.82) is 0 Å². The van der Waals surface area contributed by atoms with Gasteiger partial charge in [0, 0.05) is 25.8 Å². The number of para-hydroxylation sites is 1. The van der Waals surface area contributed by atoms with Gasteiger partial charge in [-0.2, -0.15) is 0 Å². The zero-order valence-corrected chi connectivity index (χ0v) is 19.7. The van der Waals surface area contributed by atoms with Crippen LogP contribution in [0.5, 0.6) is 0 Å². The SMILES string of the molecule is CN(C)S(=O)(=O)c1ccc(Cl)c(C(=O)OCC(=O)N(c2ccccc2)C2CCCCC2)c1. The summed E-state index contributed by atoms with van der Waals surface area (Å²) in [6.45, 7) is -0.467. The van der Waals surface area contributed by atoms with Crippen LogP contribution in [0.3, 0.4) is 0 Å². The Bertz CT molecular complexity index is 1070.